The monoisotopic (exact) mass is 374 g/mol. The van der Waals surface area contributed by atoms with Crippen LogP contribution in [0, 0.1) is 0 Å². The number of nitrogens with one attached hydrogen (secondary N) is 1. The summed E-state index contributed by atoms with van der Waals surface area (Å²) in [5.74, 6) is -1.41. The van der Waals surface area contributed by atoms with Crippen molar-refractivity contribution in [3.63, 3.8) is 0 Å². The Bertz CT molecular complexity index is 676. The molecule has 0 aromatic heterocycles. The Morgan fingerprint density at radius 2 is 1.70 bits per heavy atom. The third-order valence-electron chi connectivity index (χ3n) is 4.35. The summed E-state index contributed by atoms with van der Waals surface area (Å²) in [6.45, 7) is 3.53. The molecule has 0 aliphatic carbocycles. The van der Waals surface area contributed by atoms with Gasteiger partial charge in [-0.1, -0.05) is 25.0 Å². The maximum atomic E-state index is 11.8. The van der Waals surface area contributed by atoms with Crippen molar-refractivity contribution in [1.82, 2.24) is 5.32 Å². The summed E-state index contributed by atoms with van der Waals surface area (Å²) in [5.41, 5.74) is 2.04. The van der Waals surface area contributed by atoms with Gasteiger partial charge in [0.2, 0.25) is 0 Å². The molecule has 7 nitrogen and oxygen atoms in total. The average molecular weight is 374 g/mol. The highest BCUT2D eigenvalue weighted by molar-refractivity contribution is 5.96. The van der Waals surface area contributed by atoms with Gasteiger partial charge in [-0.25, -0.2) is 9.59 Å². The highest BCUT2D eigenvalue weighted by Gasteiger charge is 2.19. The van der Waals surface area contributed by atoms with E-state index in [0.717, 1.165) is 25.8 Å². The van der Waals surface area contributed by atoms with Crippen molar-refractivity contribution >= 4 is 29.7 Å². The molecule has 1 aromatic carbocycles. The number of rotatable bonds is 5. The molecule has 1 aromatic rings. The molecule has 1 atom stereocenters. The topological polar surface area (TPSA) is 84.9 Å². The normalized spacial score (nSPS) is 15.7. The van der Waals surface area contributed by atoms with E-state index in [4.69, 9.17) is 4.74 Å². The van der Waals surface area contributed by atoms with Crippen LogP contribution in [0.15, 0.2) is 30.3 Å². The first kappa shape index (κ1) is 20.5. The molecular weight excluding hydrogens is 348 g/mol. The van der Waals surface area contributed by atoms with Gasteiger partial charge in [0.15, 0.2) is 6.10 Å². The summed E-state index contributed by atoms with van der Waals surface area (Å²) in [7, 11) is 1.14. The van der Waals surface area contributed by atoms with Crippen LogP contribution < -0.4 is 10.2 Å². The van der Waals surface area contributed by atoms with E-state index in [2.05, 4.69) is 9.64 Å². The molecule has 0 bridgehead atoms. The van der Waals surface area contributed by atoms with Crippen LogP contribution in [0.25, 0.3) is 6.08 Å². The maximum Gasteiger partial charge on any atom is 0.413 e. The Hall–Kier alpha value is -2.83. The molecule has 0 unspecified atom stereocenters. The molecule has 2 rings (SSSR count). The van der Waals surface area contributed by atoms with Crippen LogP contribution in [-0.2, 0) is 19.1 Å². The van der Waals surface area contributed by atoms with Gasteiger partial charge in [-0.05, 0) is 43.5 Å². The highest BCUT2D eigenvalue weighted by atomic mass is 16.6. The number of esters is 1. The summed E-state index contributed by atoms with van der Waals surface area (Å²) in [6.07, 6.45) is 5.88. The van der Waals surface area contributed by atoms with Crippen LogP contribution in [-0.4, -0.2) is 44.3 Å². The predicted molar refractivity (Wildman–Crippen MR) is 102 cm³/mol. The molecule has 1 aliphatic rings. The van der Waals surface area contributed by atoms with Crippen molar-refractivity contribution in [3.8, 4) is 0 Å². The zero-order chi connectivity index (χ0) is 19.6. The summed E-state index contributed by atoms with van der Waals surface area (Å²) < 4.78 is 9.27. The number of hydrogen-bond donors (Lipinski definition) is 1. The van der Waals surface area contributed by atoms with E-state index in [1.54, 1.807) is 6.08 Å². The maximum absolute atomic E-state index is 11.8. The third kappa shape index (κ3) is 6.77. The van der Waals surface area contributed by atoms with Gasteiger partial charge in [0.1, 0.15) is 0 Å². The van der Waals surface area contributed by atoms with E-state index in [-0.39, 0.29) is 0 Å². The van der Waals surface area contributed by atoms with Gasteiger partial charge in [0.25, 0.3) is 5.91 Å². The Morgan fingerprint density at radius 1 is 1.07 bits per heavy atom. The molecule has 0 spiro atoms. The fourth-order valence-electron chi connectivity index (χ4n) is 2.81. The lowest BCUT2D eigenvalue weighted by molar-refractivity contribution is -0.149. The molecule has 1 N–H and O–H groups in total. The van der Waals surface area contributed by atoms with Crippen LogP contribution in [0.2, 0.25) is 0 Å². The average Bonchev–Trinajstić information content (AvgIpc) is 2.96. The Morgan fingerprint density at radius 3 is 2.30 bits per heavy atom. The fourth-order valence-corrected chi connectivity index (χ4v) is 2.81. The molecule has 7 heteroatoms. The summed E-state index contributed by atoms with van der Waals surface area (Å²) in [6, 6.07) is 7.97. The minimum Gasteiger partial charge on any atom is -0.453 e. The highest BCUT2D eigenvalue weighted by Crippen LogP contribution is 2.20. The lowest BCUT2D eigenvalue weighted by Crippen LogP contribution is -2.39. The van der Waals surface area contributed by atoms with Gasteiger partial charge in [-0.2, -0.15) is 0 Å². The van der Waals surface area contributed by atoms with Crippen molar-refractivity contribution < 1.29 is 23.9 Å². The van der Waals surface area contributed by atoms with E-state index < -0.39 is 24.1 Å². The first-order chi connectivity index (χ1) is 13.0. The number of amides is 2. The summed E-state index contributed by atoms with van der Waals surface area (Å²) >= 11 is 0. The van der Waals surface area contributed by atoms with Crippen LogP contribution >= 0.6 is 0 Å². The van der Waals surface area contributed by atoms with E-state index in [1.165, 1.54) is 44.4 Å². The van der Waals surface area contributed by atoms with Gasteiger partial charge < -0.3 is 14.4 Å². The zero-order valence-electron chi connectivity index (χ0n) is 15.8. The summed E-state index contributed by atoms with van der Waals surface area (Å²) in [4.78, 5) is 36.8. The number of nitrogens with zero attached hydrogens (tertiary/aromatic N) is 1. The molecule has 1 heterocycles. The van der Waals surface area contributed by atoms with E-state index in [9.17, 15) is 14.4 Å². The molecular formula is C20H26N2O5. The second-order valence-electron chi connectivity index (χ2n) is 6.39. The van der Waals surface area contributed by atoms with Crippen LogP contribution in [0.3, 0.4) is 0 Å². The van der Waals surface area contributed by atoms with E-state index in [0.29, 0.717) is 0 Å². The number of methoxy groups -OCH3 is 1. The number of carbonyl (C=O) groups excluding carboxylic acids is 3. The fraction of sp³-hybridized carbons (Fsp3) is 0.450. The van der Waals surface area contributed by atoms with Crippen molar-refractivity contribution in [3.05, 3.63) is 35.9 Å². The van der Waals surface area contributed by atoms with Crippen LogP contribution in [0.1, 0.15) is 38.2 Å². The number of alkyl carbamates (subject to hydrolysis) is 1. The molecule has 1 fully saturated rings. The van der Waals surface area contributed by atoms with E-state index in [1.807, 2.05) is 29.6 Å². The first-order valence-electron chi connectivity index (χ1n) is 9.12. The number of hydrogen-bond acceptors (Lipinski definition) is 6. The molecule has 27 heavy (non-hydrogen) atoms. The van der Waals surface area contributed by atoms with Gasteiger partial charge in [0, 0.05) is 24.9 Å². The number of ether oxygens (including phenoxy) is 2. The van der Waals surface area contributed by atoms with Crippen molar-refractivity contribution in [2.24, 2.45) is 0 Å². The molecule has 1 aliphatic heterocycles. The number of anilines is 1. The van der Waals surface area contributed by atoms with Crippen molar-refractivity contribution in [2.45, 2.75) is 38.7 Å². The third-order valence-corrected chi connectivity index (χ3v) is 4.35. The van der Waals surface area contributed by atoms with Gasteiger partial charge in [-0.3, -0.25) is 10.1 Å². The minimum atomic E-state index is -1.10. The zero-order valence-corrected chi connectivity index (χ0v) is 15.8. The molecule has 0 saturated carbocycles. The van der Waals surface area contributed by atoms with Gasteiger partial charge >= 0.3 is 12.1 Å². The molecule has 0 radical (unpaired) electrons. The SMILES string of the molecule is COC(=O)NC(=O)[C@H](C)OC(=O)/C=C/c1ccc(N2CCCCCC2)cc1. The van der Waals surface area contributed by atoms with E-state index >= 15 is 0 Å². The first-order valence-corrected chi connectivity index (χ1v) is 9.12. The predicted octanol–water partition coefficient (Wildman–Crippen LogP) is 2.89. The van der Waals surface area contributed by atoms with Crippen LogP contribution in [0.4, 0.5) is 10.5 Å². The van der Waals surface area contributed by atoms with Crippen molar-refractivity contribution in [2.75, 3.05) is 25.1 Å². The quantitative estimate of drug-likeness (QED) is 0.630. The Balaban J connectivity index is 1.86. The Labute approximate surface area is 159 Å². The number of imide groups is 1. The summed E-state index contributed by atoms with van der Waals surface area (Å²) in [5, 5.41) is 1.94. The minimum absolute atomic E-state index is 0.667. The Kier molecular flexibility index (Phi) is 7.85. The number of benzene rings is 1. The lowest BCUT2D eigenvalue weighted by atomic mass is 10.1. The molecule has 1 saturated heterocycles. The van der Waals surface area contributed by atoms with Crippen LogP contribution in [0.5, 0.6) is 0 Å². The second-order valence-corrected chi connectivity index (χ2v) is 6.39. The molecule has 146 valence electrons. The van der Waals surface area contributed by atoms with Gasteiger partial charge in [0.05, 0.1) is 7.11 Å². The smallest absolute Gasteiger partial charge is 0.413 e. The van der Waals surface area contributed by atoms with Crippen molar-refractivity contribution in [1.29, 1.82) is 0 Å². The second kappa shape index (κ2) is 10.4. The standard InChI is InChI=1S/C20H26N2O5/c1-15(19(24)21-20(25)26-2)27-18(23)12-9-16-7-10-17(11-8-16)22-13-5-3-4-6-14-22/h7-12,15H,3-6,13-14H2,1-2H3,(H,21,24,25)/b12-9+/t15-/m0/s1. The molecule has 2 amide bonds. The number of carbonyl (C=O) groups is 3. The largest absolute Gasteiger partial charge is 0.453 e. The lowest BCUT2D eigenvalue weighted by Gasteiger charge is -2.22. The van der Waals surface area contributed by atoms with Gasteiger partial charge in [-0.15, -0.1) is 0 Å².